The molecule has 0 unspecified atom stereocenters. The fourth-order valence-corrected chi connectivity index (χ4v) is 9.26. The Morgan fingerprint density at radius 1 is 0.774 bits per heavy atom. The molecule has 53 heavy (non-hydrogen) atoms. The molecule has 16 heteroatoms. The lowest BCUT2D eigenvalue weighted by molar-refractivity contribution is -0.145. The van der Waals surface area contributed by atoms with Gasteiger partial charge in [-0.05, 0) is 86.5 Å². The lowest BCUT2D eigenvalue weighted by atomic mass is 9.93. The van der Waals surface area contributed by atoms with E-state index in [1.165, 1.54) is 22.7 Å². The van der Waals surface area contributed by atoms with Crippen LogP contribution in [-0.4, -0.2) is 85.5 Å². The highest BCUT2D eigenvalue weighted by Crippen LogP contribution is 2.40. The van der Waals surface area contributed by atoms with Crippen LogP contribution in [0.25, 0.3) is 11.1 Å². The summed E-state index contributed by atoms with van der Waals surface area (Å²) in [7, 11) is 0. The average Bonchev–Trinajstić information content (AvgIpc) is 3.90. The molecule has 2 saturated heterocycles. The number of carboxylic acid groups (broad SMARTS) is 2. The molecule has 0 radical (unpaired) electrons. The Bertz CT molecular complexity index is 1980. The molecular formula is C37H44N6O6S4. The van der Waals surface area contributed by atoms with Gasteiger partial charge in [0.1, 0.15) is 12.1 Å². The molecule has 0 saturated carbocycles. The van der Waals surface area contributed by atoms with Crippen molar-refractivity contribution in [2.45, 2.75) is 77.0 Å². The Morgan fingerprint density at radius 3 is 1.96 bits per heavy atom. The minimum atomic E-state index is -0.814. The fraction of sp³-hybridized carbons (Fsp3) is 0.405. The molecule has 2 aromatic carbocycles. The number of fused-ring (bicyclic) bond motifs is 1. The van der Waals surface area contributed by atoms with Crippen molar-refractivity contribution in [2.75, 3.05) is 29.9 Å². The quantitative estimate of drug-likeness (QED) is 0.171. The molecular weight excluding hydrogens is 753 g/mol. The van der Waals surface area contributed by atoms with Gasteiger partial charge in [0.05, 0.1) is 0 Å². The van der Waals surface area contributed by atoms with E-state index in [-0.39, 0.29) is 38.8 Å². The molecule has 2 atom stereocenters. The summed E-state index contributed by atoms with van der Waals surface area (Å²) in [6.07, 6.45) is 8.99. The Hall–Kier alpha value is -3.80. The zero-order valence-corrected chi connectivity index (χ0v) is 33.0. The molecule has 2 fully saturated rings. The number of hydrogen-bond acceptors (Lipinski definition) is 10. The summed E-state index contributed by atoms with van der Waals surface area (Å²) >= 11 is 2.60. The maximum absolute atomic E-state index is 13.8. The molecule has 0 aliphatic carbocycles. The molecule has 2 aromatic heterocycles. The largest absolute Gasteiger partial charge is 0.480 e. The molecule has 12 nitrogen and oxygen atoms in total. The van der Waals surface area contributed by atoms with Crippen LogP contribution in [0.1, 0.15) is 79.0 Å². The van der Waals surface area contributed by atoms with Crippen molar-refractivity contribution in [1.82, 2.24) is 19.8 Å². The second-order valence-electron chi connectivity index (χ2n) is 13.3. The number of piperidine rings is 2. The third-order valence-corrected chi connectivity index (χ3v) is 12.1. The summed E-state index contributed by atoms with van der Waals surface area (Å²) < 4.78 is 0. The van der Waals surface area contributed by atoms with E-state index in [0.717, 1.165) is 63.4 Å². The van der Waals surface area contributed by atoms with Crippen LogP contribution in [0.15, 0.2) is 48.8 Å². The van der Waals surface area contributed by atoms with Crippen LogP contribution in [0.4, 0.5) is 11.4 Å². The normalized spacial score (nSPS) is 18.8. The van der Waals surface area contributed by atoms with Crippen molar-refractivity contribution in [2.24, 2.45) is 0 Å². The summed E-state index contributed by atoms with van der Waals surface area (Å²) in [6.45, 7) is 4.81. The third-order valence-electron chi connectivity index (χ3n) is 10.1. The number of rotatable bonds is 10. The summed E-state index contributed by atoms with van der Waals surface area (Å²) in [5.74, 6) is -2.11. The first-order valence-corrected chi connectivity index (χ1v) is 19.0. The number of likely N-dealkylation sites (tertiary alicyclic amines) is 2. The Kier molecular flexibility index (Phi) is 13.4. The van der Waals surface area contributed by atoms with Gasteiger partial charge in [-0.15, -0.1) is 22.7 Å². The number of nitrogens with zero attached hydrogens (tertiary/aromatic N) is 5. The number of aliphatic carboxylic acids is 2. The van der Waals surface area contributed by atoms with Crippen LogP contribution in [-0.2, 0) is 29.1 Å². The highest BCUT2D eigenvalue weighted by molar-refractivity contribution is 7.59. The van der Waals surface area contributed by atoms with Crippen molar-refractivity contribution < 1.29 is 29.4 Å². The van der Waals surface area contributed by atoms with Gasteiger partial charge in [-0.25, -0.2) is 9.97 Å². The predicted molar refractivity (Wildman–Crippen MR) is 216 cm³/mol. The minimum Gasteiger partial charge on any atom is -0.480 e. The highest BCUT2D eigenvalue weighted by atomic mass is 32.1. The van der Waals surface area contributed by atoms with Crippen molar-refractivity contribution in [3.8, 4) is 11.1 Å². The first-order chi connectivity index (χ1) is 24.7. The van der Waals surface area contributed by atoms with E-state index in [2.05, 4.69) is 15.3 Å². The number of carboxylic acids is 2. The van der Waals surface area contributed by atoms with Crippen molar-refractivity contribution >= 4 is 84.8 Å². The smallest absolute Gasteiger partial charge is 0.320 e. The Balaban J connectivity index is 0.00000271. The first-order valence-electron chi connectivity index (χ1n) is 17.4. The molecule has 3 aliphatic heterocycles. The topological polar surface area (TPSA) is 156 Å². The lowest BCUT2D eigenvalue weighted by Crippen LogP contribution is -2.43. The number of amides is 2. The molecule has 2 amide bonds. The number of hydrogen-bond donors (Lipinski definition) is 3. The zero-order valence-electron chi connectivity index (χ0n) is 29.3. The van der Waals surface area contributed by atoms with Gasteiger partial charge in [-0.1, -0.05) is 37.1 Å². The second-order valence-corrected chi connectivity index (χ2v) is 15.6. The number of anilines is 2. The van der Waals surface area contributed by atoms with Crippen molar-refractivity contribution in [1.29, 1.82) is 0 Å². The molecule has 282 valence electrons. The van der Waals surface area contributed by atoms with Gasteiger partial charge in [0, 0.05) is 53.2 Å². The van der Waals surface area contributed by atoms with Gasteiger partial charge in [0.15, 0.2) is 10.0 Å². The van der Waals surface area contributed by atoms with Crippen molar-refractivity contribution in [3.63, 3.8) is 0 Å². The highest BCUT2D eigenvalue weighted by Gasteiger charge is 2.32. The van der Waals surface area contributed by atoms with E-state index < -0.39 is 24.0 Å². The number of benzene rings is 2. The lowest BCUT2D eigenvalue weighted by Gasteiger charge is -2.32. The molecule has 3 N–H and O–H groups in total. The molecule has 0 bridgehead atoms. The summed E-state index contributed by atoms with van der Waals surface area (Å²) in [5.41, 5.74) is 5.38. The summed E-state index contributed by atoms with van der Waals surface area (Å²) in [4.78, 5) is 66.8. The van der Waals surface area contributed by atoms with E-state index >= 15 is 0 Å². The summed E-state index contributed by atoms with van der Waals surface area (Å²) in [6, 6.07) is 10.7. The van der Waals surface area contributed by atoms with Crippen LogP contribution in [0.3, 0.4) is 0 Å². The Morgan fingerprint density at radius 2 is 1.34 bits per heavy atom. The Labute approximate surface area is 330 Å². The van der Waals surface area contributed by atoms with Crippen LogP contribution in [0.5, 0.6) is 0 Å². The zero-order chi connectivity index (χ0) is 35.6. The van der Waals surface area contributed by atoms with Crippen LogP contribution >= 0.6 is 49.7 Å². The van der Waals surface area contributed by atoms with Crippen molar-refractivity contribution in [3.05, 3.63) is 79.7 Å². The van der Waals surface area contributed by atoms with E-state index in [4.69, 9.17) is 0 Å². The summed E-state index contributed by atoms with van der Waals surface area (Å²) in [5, 5.41) is 23.0. The molecule has 3 aliphatic rings. The average molecular weight is 797 g/mol. The molecule has 0 spiro atoms. The minimum absolute atomic E-state index is 0. The van der Waals surface area contributed by atoms with Crippen LogP contribution in [0, 0.1) is 6.92 Å². The van der Waals surface area contributed by atoms with Gasteiger partial charge < -0.3 is 20.4 Å². The number of carbonyl (C=O) groups excluding carboxylic acids is 2. The monoisotopic (exact) mass is 796 g/mol. The van der Waals surface area contributed by atoms with Crippen LogP contribution < -0.4 is 10.2 Å². The van der Waals surface area contributed by atoms with E-state index in [0.29, 0.717) is 67.7 Å². The first kappa shape index (κ1) is 40.4. The second kappa shape index (κ2) is 17.6. The van der Waals surface area contributed by atoms with Gasteiger partial charge in [-0.2, -0.15) is 27.0 Å². The van der Waals surface area contributed by atoms with Crippen LogP contribution in [0.2, 0.25) is 0 Å². The third kappa shape index (κ3) is 8.63. The number of aromatic nitrogens is 2. The van der Waals surface area contributed by atoms with Gasteiger partial charge in [-0.3, -0.25) is 29.0 Å². The number of nitrogens with one attached hydrogen (secondary N) is 1. The molecule has 4 aromatic rings. The maximum atomic E-state index is 13.8. The van der Waals surface area contributed by atoms with E-state index in [1.807, 2.05) is 53.1 Å². The standard InChI is InChI=1S/C37H40N6O6S2.2H2S/c1-22-25(8-6-10-28(22)40-32(44)33-38-18-23(50-33)20-41-15-4-2-11-30(41)36(46)47)26-9-7-13-29-27(26)14-17-43(29)35(45)34-39-19-24(51-34)21-42-16-5-3-12-31(42)37(48)49;;/h6-10,13,18-19,30-31H,2-5,11-12,14-17,20-21H2,1H3,(H,40,44)(H,46,47)(H,48,49);2*1H2/t30-,31-;;/m0../s1. The van der Waals surface area contributed by atoms with Gasteiger partial charge >= 0.3 is 11.9 Å². The van der Waals surface area contributed by atoms with Gasteiger partial charge in [0.25, 0.3) is 11.8 Å². The SMILES string of the molecule is Cc1c(NC(=O)c2ncc(CN3CCCC[C@H]3C(=O)O)s2)cccc1-c1cccc2c1CCN2C(=O)c1ncc(CN2CCCC[C@H]2C(=O)O)s1.S.S. The van der Waals surface area contributed by atoms with E-state index in [9.17, 15) is 29.4 Å². The number of carbonyl (C=O) groups is 4. The molecule has 5 heterocycles. The predicted octanol–water partition coefficient (Wildman–Crippen LogP) is 6.13. The van der Waals surface area contributed by atoms with Gasteiger partial charge in [0.2, 0.25) is 0 Å². The maximum Gasteiger partial charge on any atom is 0.320 e. The number of thiazole rings is 2. The van der Waals surface area contributed by atoms with E-state index in [1.54, 1.807) is 17.3 Å². The molecule has 7 rings (SSSR count). The fourth-order valence-electron chi connectivity index (χ4n) is 7.54.